The number of anilines is 3. The molecule has 0 N–H and O–H groups in total. The number of nitrogens with zero attached hydrogens (tertiary/aromatic N) is 1. The van der Waals surface area contributed by atoms with E-state index in [0.717, 1.165) is 5.69 Å². The Balaban J connectivity index is 1.21. The van der Waals surface area contributed by atoms with Crippen LogP contribution in [0.2, 0.25) is 0 Å². The third-order valence-electron chi connectivity index (χ3n) is 11.3. The SMILES string of the molecule is c1ccc(-c2ccc(N(c3ccc4c(c3)[Si]3(c5ccccc5Sc5ccccc53)c3ccccc3-4)c3cc4ccccc4c4ccccc34)cc2)cc1. The van der Waals surface area contributed by atoms with Gasteiger partial charge in [0, 0.05) is 26.6 Å². The molecule has 0 unspecified atom stereocenters. The van der Waals surface area contributed by atoms with E-state index in [4.69, 9.17) is 0 Å². The molecule has 1 spiro atoms. The summed E-state index contributed by atoms with van der Waals surface area (Å²) in [5.74, 6) is 0. The standard InChI is InChI=1S/C50H33NSSi/c1-2-14-34(15-3-1)35-26-28-37(29-27-35)51(44-32-36-16-4-5-17-39(36)40-18-6-7-19-41(40)44)38-30-31-43-42-20-8-11-23-47(42)53(50(43)33-38)48-24-12-9-21-45(48)52-46-22-10-13-25-49(46)53/h1-33H. The van der Waals surface area contributed by atoms with Crippen molar-refractivity contribution in [3.63, 3.8) is 0 Å². The van der Waals surface area contributed by atoms with Gasteiger partial charge in [-0.1, -0.05) is 169 Å². The minimum absolute atomic E-state index is 1.14. The first-order valence-corrected chi connectivity index (χ1v) is 21.1. The lowest BCUT2D eigenvalue weighted by atomic mass is 9.98. The molecule has 0 radical (unpaired) electrons. The molecule has 2 aliphatic rings. The third kappa shape index (κ3) is 4.51. The van der Waals surface area contributed by atoms with Crippen LogP contribution < -0.4 is 25.6 Å². The molecule has 2 heterocycles. The average molecular weight is 708 g/mol. The predicted molar refractivity (Wildman–Crippen MR) is 228 cm³/mol. The molecule has 0 fully saturated rings. The molecule has 0 aromatic heterocycles. The topological polar surface area (TPSA) is 3.24 Å². The first-order valence-electron chi connectivity index (χ1n) is 18.3. The molecule has 0 saturated carbocycles. The summed E-state index contributed by atoms with van der Waals surface area (Å²) in [5.41, 5.74) is 8.64. The van der Waals surface area contributed by atoms with Crippen LogP contribution in [0.3, 0.4) is 0 Å². The summed E-state index contributed by atoms with van der Waals surface area (Å²) in [7, 11) is -2.68. The van der Waals surface area contributed by atoms with Gasteiger partial charge in [0.2, 0.25) is 0 Å². The van der Waals surface area contributed by atoms with Crippen molar-refractivity contribution in [2.24, 2.45) is 0 Å². The van der Waals surface area contributed by atoms with Crippen LogP contribution in [-0.2, 0) is 0 Å². The van der Waals surface area contributed by atoms with Crippen LogP contribution in [0.15, 0.2) is 210 Å². The lowest BCUT2D eigenvalue weighted by molar-refractivity contribution is 1.30. The lowest BCUT2D eigenvalue weighted by Crippen LogP contribution is -2.74. The predicted octanol–water partition coefficient (Wildman–Crippen LogP) is 11.0. The summed E-state index contributed by atoms with van der Waals surface area (Å²) in [6.45, 7) is 0. The quantitative estimate of drug-likeness (QED) is 0.132. The van der Waals surface area contributed by atoms with Gasteiger partial charge < -0.3 is 4.90 Å². The summed E-state index contributed by atoms with van der Waals surface area (Å²) in [5, 5.41) is 10.9. The Labute approximate surface area is 314 Å². The molecule has 3 heteroatoms. The van der Waals surface area contributed by atoms with Crippen LogP contribution in [0.5, 0.6) is 0 Å². The maximum Gasteiger partial charge on any atom is 0.183 e. The van der Waals surface area contributed by atoms with E-state index >= 15 is 0 Å². The molecule has 11 rings (SSSR count). The Kier molecular flexibility index (Phi) is 6.88. The highest BCUT2D eigenvalue weighted by Gasteiger charge is 2.52. The molecule has 9 aromatic rings. The van der Waals surface area contributed by atoms with Crippen LogP contribution >= 0.6 is 11.8 Å². The van der Waals surface area contributed by atoms with Crippen molar-refractivity contribution in [3.05, 3.63) is 200 Å². The maximum atomic E-state index is 2.56. The van der Waals surface area contributed by atoms with Gasteiger partial charge in [0.05, 0.1) is 5.69 Å². The minimum Gasteiger partial charge on any atom is -0.310 e. The largest absolute Gasteiger partial charge is 0.310 e. The van der Waals surface area contributed by atoms with Crippen molar-refractivity contribution in [2.75, 3.05) is 4.90 Å². The highest BCUT2D eigenvalue weighted by molar-refractivity contribution is 8.00. The average Bonchev–Trinajstić information content (AvgIpc) is 3.51. The molecule has 0 atom stereocenters. The van der Waals surface area contributed by atoms with Crippen molar-refractivity contribution in [3.8, 4) is 22.3 Å². The zero-order valence-electron chi connectivity index (χ0n) is 28.9. The van der Waals surface area contributed by atoms with Crippen LogP contribution in [0.1, 0.15) is 0 Å². The van der Waals surface area contributed by atoms with Crippen molar-refractivity contribution >= 4 is 79.2 Å². The van der Waals surface area contributed by atoms with Crippen molar-refractivity contribution in [1.82, 2.24) is 0 Å². The van der Waals surface area contributed by atoms with Gasteiger partial charge in [-0.25, -0.2) is 0 Å². The zero-order valence-corrected chi connectivity index (χ0v) is 30.7. The molecular formula is C50H33NSSi. The molecule has 0 aliphatic carbocycles. The number of rotatable bonds is 4. The van der Waals surface area contributed by atoms with Gasteiger partial charge in [-0.05, 0) is 102 Å². The summed E-state index contributed by atoms with van der Waals surface area (Å²) in [4.78, 5) is 5.25. The Morgan fingerprint density at radius 2 is 0.906 bits per heavy atom. The zero-order chi connectivity index (χ0) is 34.9. The van der Waals surface area contributed by atoms with Crippen molar-refractivity contribution < 1.29 is 0 Å². The van der Waals surface area contributed by atoms with E-state index in [9.17, 15) is 0 Å². The van der Waals surface area contributed by atoms with Gasteiger partial charge in [0.1, 0.15) is 0 Å². The first kappa shape index (κ1) is 30.5. The Morgan fingerprint density at radius 1 is 0.358 bits per heavy atom. The highest BCUT2D eigenvalue weighted by Crippen LogP contribution is 2.44. The molecule has 248 valence electrons. The smallest absolute Gasteiger partial charge is 0.183 e. The highest BCUT2D eigenvalue weighted by atomic mass is 32.2. The Morgan fingerprint density at radius 3 is 1.66 bits per heavy atom. The van der Waals surface area contributed by atoms with Gasteiger partial charge in [-0.3, -0.25) is 0 Å². The van der Waals surface area contributed by atoms with Crippen LogP contribution in [-0.4, -0.2) is 8.07 Å². The normalized spacial score (nSPS) is 13.4. The second-order valence-electron chi connectivity index (χ2n) is 14.0. The maximum absolute atomic E-state index is 2.68. The van der Waals surface area contributed by atoms with Gasteiger partial charge in [0.25, 0.3) is 0 Å². The van der Waals surface area contributed by atoms with Crippen molar-refractivity contribution in [1.29, 1.82) is 0 Å². The Hall–Kier alpha value is -6.13. The Bertz CT molecular complexity index is 2830. The van der Waals surface area contributed by atoms with E-state index in [1.165, 1.54) is 85.7 Å². The molecule has 0 amide bonds. The number of hydrogen-bond acceptors (Lipinski definition) is 2. The third-order valence-corrected chi connectivity index (χ3v) is 17.8. The fourth-order valence-corrected chi connectivity index (χ4v) is 16.5. The van der Waals surface area contributed by atoms with E-state index in [1.807, 2.05) is 11.8 Å². The molecule has 9 aromatic carbocycles. The van der Waals surface area contributed by atoms with E-state index in [0.29, 0.717) is 0 Å². The van der Waals surface area contributed by atoms with Gasteiger partial charge >= 0.3 is 0 Å². The van der Waals surface area contributed by atoms with E-state index in [2.05, 4.69) is 205 Å². The summed E-state index contributed by atoms with van der Waals surface area (Å²) in [6.07, 6.45) is 0. The number of hydrogen-bond donors (Lipinski definition) is 0. The van der Waals surface area contributed by atoms with Crippen LogP contribution in [0.4, 0.5) is 17.1 Å². The van der Waals surface area contributed by atoms with Crippen molar-refractivity contribution in [2.45, 2.75) is 9.79 Å². The number of fused-ring (bicyclic) bond motifs is 12. The van der Waals surface area contributed by atoms with Gasteiger partial charge in [0.15, 0.2) is 8.07 Å². The molecule has 0 bridgehead atoms. The fourth-order valence-electron chi connectivity index (χ4n) is 9.06. The van der Waals surface area contributed by atoms with E-state index in [-0.39, 0.29) is 0 Å². The second-order valence-corrected chi connectivity index (χ2v) is 18.8. The second kappa shape index (κ2) is 12.0. The van der Waals surface area contributed by atoms with Gasteiger partial charge in [-0.2, -0.15) is 0 Å². The van der Waals surface area contributed by atoms with Crippen LogP contribution in [0, 0.1) is 0 Å². The van der Waals surface area contributed by atoms with Gasteiger partial charge in [-0.15, -0.1) is 0 Å². The molecular weight excluding hydrogens is 675 g/mol. The minimum atomic E-state index is -2.68. The van der Waals surface area contributed by atoms with E-state index in [1.54, 1.807) is 0 Å². The summed E-state index contributed by atoms with van der Waals surface area (Å²) >= 11 is 1.92. The molecule has 2 aliphatic heterocycles. The lowest BCUT2D eigenvalue weighted by Gasteiger charge is -2.38. The fraction of sp³-hybridized carbons (Fsp3) is 0. The summed E-state index contributed by atoms with van der Waals surface area (Å²) in [6, 6.07) is 74.8. The molecule has 1 nitrogen and oxygen atoms in total. The van der Waals surface area contributed by atoms with Crippen LogP contribution in [0.25, 0.3) is 43.8 Å². The molecule has 53 heavy (non-hydrogen) atoms. The van der Waals surface area contributed by atoms with E-state index < -0.39 is 8.07 Å². The number of benzene rings is 9. The first-order chi connectivity index (χ1) is 26.3. The summed E-state index contributed by atoms with van der Waals surface area (Å²) < 4.78 is 0. The monoisotopic (exact) mass is 707 g/mol. The molecule has 0 saturated heterocycles.